The molecular formula is C13H23NO. The molecule has 86 valence electrons. The van der Waals surface area contributed by atoms with Gasteiger partial charge in [0.25, 0.3) is 0 Å². The van der Waals surface area contributed by atoms with Crippen LogP contribution < -0.4 is 0 Å². The van der Waals surface area contributed by atoms with Crippen molar-refractivity contribution in [2.24, 2.45) is 5.41 Å². The molecule has 0 radical (unpaired) electrons. The first-order valence-electron chi connectivity index (χ1n) is 6.58. The third kappa shape index (κ3) is 2.04. The lowest BCUT2D eigenvalue weighted by Gasteiger charge is -2.35. The van der Waals surface area contributed by atoms with Gasteiger partial charge >= 0.3 is 0 Å². The monoisotopic (exact) mass is 209 g/mol. The van der Waals surface area contributed by atoms with Crippen LogP contribution in [0.1, 0.15) is 58.3 Å². The van der Waals surface area contributed by atoms with Gasteiger partial charge in [-0.05, 0) is 38.5 Å². The van der Waals surface area contributed by atoms with Crippen LogP contribution >= 0.6 is 0 Å². The summed E-state index contributed by atoms with van der Waals surface area (Å²) < 4.78 is 0. The molecule has 1 aliphatic heterocycles. The van der Waals surface area contributed by atoms with Crippen molar-refractivity contribution in [2.75, 3.05) is 13.1 Å². The Labute approximate surface area is 93.0 Å². The molecule has 15 heavy (non-hydrogen) atoms. The van der Waals surface area contributed by atoms with Crippen LogP contribution in [0.25, 0.3) is 0 Å². The minimum atomic E-state index is 0.0390. The molecule has 0 bridgehead atoms. The van der Waals surface area contributed by atoms with Gasteiger partial charge in [0.05, 0.1) is 0 Å². The van der Waals surface area contributed by atoms with Gasteiger partial charge in [-0.3, -0.25) is 4.79 Å². The van der Waals surface area contributed by atoms with E-state index in [4.69, 9.17) is 0 Å². The second-order valence-corrected chi connectivity index (χ2v) is 5.19. The molecule has 2 rings (SSSR count). The summed E-state index contributed by atoms with van der Waals surface area (Å²) in [5, 5.41) is 0. The van der Waals surface area contributed by atoms with Crippen molar-refractivity contribution in [1.82, 2.24) is 4.90 Å². The predicted octanol–water partition coefficient (Wildman–Crippen LogP) is 2.97. The van der Waals surface area contributed by atoms with E-state index in [1.54, 1.807) is 0 Å². The van der Waals surface area contributed by atoms with Crippen LogP contribution in [-0.4, -0.2) is 23.9 Å². The molecule has 0 unspecified atom stereocenters. The number of likely N-dealkylation sites (tertiary alicyclic amines) is 1. The molecule has 1 saturated heterocycles. The van der Waals surface area contributed by atoms with Gasteiger partial charge < -0.3 is 4.90 Å². The molecule has 1 heterocycles. The highest BCUT2D eigenvalue weighted by Gasteiger charge is 2.41. The molecule has 0 aromatic heterocycles. The molecule has 1 aliphatic carbocycles. The number of nitrogens with zero attached hydrogens (tertiary/aromatic N) is 1. The summed E-state index contributed by atoms with van der Waals surface area (Å²) in [7, 11) is 0. The molecule has 0 spiro atoms. The van der Waals surface area contributed by atoms with Crippen molar-refractivity contribution in [3.63, 3.8) is 0 Å². The normalized spacial score (nSPS) is 25.5. The maximum absolute atomic E-state index is 12.5. The SMILES string of the molecule is CCC1(C(=O)N2CCCCC2)CCCC1. The Balaban J connectivity index is 2.03. The number of rotatable bonds is 2. The fourth-order valence-corrected chi connectivity index (χ4v) is 3.20. The fourth-order valence-electron chi connectivity index (χ4n) is 3.20. The second kappa shape index (κ2) is 4.54. The first-order valence-corrected chi connectivity index (χ1v) is 6.58. The number of hydrogen-bond donors (Lipinski definition) is 0. The molecule has 0 atom stereocenters. The van der Waals surface area contributed by atoms with Crippen LogP contribution in [0.2, 0.25) is 0 Å². The minimum Gasteiger partial charge on any atom is -0.342 e. The maximum atomic E-state index is 12.5. The van der Waals surface area contributed by atoms with E-state index >= 15 is 0 Å². The van der Waals surface area contributed by atoms with Gasteiger partial charge in [0.15, 0.2) is 0 Å². The van der Waals surface area contributed by atoms with Crippen molar-refractivity contribution in [1.29, 1.82) is 0 Å². The topological polar surface area (TPSA) is 20.3 Å². The molecule has 2 fully saturated rings. The van der Waals surface area contributed by atoms with Gasteiger partial charge in [-0.2, -0.15) is 0 Å². The third-order valence-corrected chi connectivity index (χ3v) is 4.33. The summed E-state index contributed by atoms with van der Waals surface area (Å²) >= 11 is 0. The summed E-state index contributed by atoms with van der Waals surface area (Å²) in [4.78, 5) is 14.6. The highest BCUT2D eigenvalue weighted by atomic mass is 16.2. The van der Waals surface area contributed by atoms with Gasteiger partial charge in [-0.15, -0.1) is 0 Å². The van der Waals surface area contributed by atoms with Gasteiger partial charge in [0.1, 0.15) is 0 Å². The number of carbonyl (C=O) groups excluding carboxylic acids is 1. The van der Waals surface area contributed by atoms with E-state index in [1.165, 1.54) is 32.1 Å². The van der Waals surface area contributed by atoms with Crippen LogP contribution in [-0.2, 0) is 4.79 Å². The molecule has 0 aromatic carbocycles. The quantitative estimate of drug-likeness (QED) is 0.684. The number of hydrogen-bond acceptors (Lipinski definition) is 1. The lowest BCUT2D eigenvalue weighted by Crippen LogP contribution is -2.44. The molecule has 2 heteroatoms. The molecule has 0 aromatic rings. The van der Waals surface area contributed by atoms with Crippen molar-refractivity contribution in [3.8, 4) is 0 Å². The van der Waals surface area contributed by atoms with Crippen LogP contribution in [0.4, 0.5) is 0 Å². The van der Waals surface area contributed by atoms with E-state index in [-0.39, 0.29) is 5.41 Å². The van der Waals surface area contributed by atoms with Crippen LogP contribution in [0.3, 0.4) is 0 Å². The zero-order valence-electron chi connectivity index (χ0n) is 9.93. The summed E-state index contributed by atoms with van der Waals surface area (Å²) in [5.41, 5.74) is 0.0390. The maximum Gasteiger partial charge on any atom is 0.228 e. The van der Waals surface area contributed by atoms with Crippen molar-refractivity contribution in [2.45, 2.75) is 58.3 Å². The lowest BCUT2D eigenvalue weighted by molar-refractivity contribution is -0.143. The zero-order valence-corrected chi connectivity index (χ0v) is 9.93. The van der Waals surface area contributed by atoms with Gasteiger partial charge in [-0.25, -0.2) is 0 Å². The van der Waals surface area contributed by atoms with E-state index < -0.39 is 0 Å². The fraction of sp³-hybridized carbons (Fsp3) is 0.923. The van der Waals surface area contributed by atoms with Gasteiger partial charge in [-0.1, -0.05) is 19.8 Å². The third-order valence-electron chi connectivity index (χ3n) is 4.33. The summed E-state index contributed by atoms with van der Waals surface area (Å²) in [6.07, 6.45) is 9.57. The summed E-state index contributed by atoms with van der Waals surface area (Å²) in [6.45, 7) is 4.22. The minimum absolute atomic E-state index is 0.0390. The van der Waals surface area contributed by atoms with Crippen molar-refractivity contribution in [3.05, 3.63) is 0 Å². The first kappa shape index (κ1) is 11.0. The van der Waals surface area contributed by atoms with Crippen LogP contribution in [0.15, 0.2) is 0 Å². The molecule has 1 saturated carbocycles. The van der Waals surface area contributed by atoms with E-state index in [1.807, 2.05) is 0 Å². The molecule has 0 N–H and O–H groups in total. The Bertz CT molecular complexity index is 225. The Morgan fingerprint density at radius 3 is 2.20 bits per heavy atom. The van der Waals surface area contributed by atoms with Crippen molar-refractivity contribution >= 4 is 5.91 Å². The first-order chi connectivity index (χ1) is 7.28. The number of amides is 1. The molecule has 2 aliphatic rings. The standard InChI is InChI=1S/C13H23NO/c1-2-13(8-4-5-9-13)12(15)14-10-6-3-7-11-14/h2-11H2,1H3. The average Bonchev–Trinajstić information content (AvgIpc) is 2.79. The molecule has 2 nitrogen and oxygen atoms in total. The Morgan fingerprint density at radius 2 is 1.67 bits per heavy atom. The lowest BCUT2D eigenvalue weighted by atomic mass is 9.81. The highest BCUT2D eigenvalue weighted by molar-refractivity contribution is 5.83. The smallest absolute Gasteiger partial charge is 0.228 e. The highest BCUT2D eigenvalue weighted by Crippen LogP contribution is 2.42. The Hall–Kier alpha value is -0.530. The van der Waals surface area contributed by atoms with Gasteiger partial charge in [0.2, 0.25) is 5.91 Å². The average molecular weight is 209 g/mol. The second-order valence-electron chi connectivity index (χ2n) is 5.19. The number of piperidine rings is 1. The molecular weight excluding hydrogens is 186 g/mol. The van der Waals surface area contributed by atoms with E-state index in [0.29, 0.717) is 5.91 Å². The number of carbonyl (C=O) groups is 1. The van der Waals surface area contributed by atoms with E-state index in [9.17, 15) is 4.79 Å². The van der Waals surface area contributed by atoms with E-state index in [0.717, 1.165) is 32.4 Å². The Kier molecular flexibility index (Phi) is 3.32. The van der Waals surface area contributed by atoms with Crippen molar-refractivity contribution < 1.29 is 4.79 Å². The summed E-state index contributed by atoms with van der Waals surface area (Å²) in [6, 6.07) is 0. The van der Waals surface area contributed by atoms with Crippen LogP contribution in [0, 0.1) is 5.41 Å². The molecule has 1 amide bonds. The van der Waals surface area contributed by atoms with Gasteiger partial charge in [0, 0.05) is 18.5 Å². The van der Waals surface area contributed by atoms with Crippen LogP contribution in [0.5, 0.6) is 0 Å². The zero-order chi connectivity index (χ0) is 10.7. The largest absolute Gasteiger partial charge is 0.342 e. The Morgan fingerprint density at radius 1 is 1.07 bits per heavy atom. The van der Waals surface area contributed by atoms with E-state index in [2.05, 4.69) is 11.8 Å². The summed E-state index contributed by atoms with van der Waals surface area (Å²) in [5.74, 6) is 0.474. The predicted molar refractivity (Wildman–Crippen MR) is 61.6 cm³/mol.